The van der Waals surface area contributed by atoms with E-state index in [9.17, 15) is 4.79 Å². The van der Waals surface area contributed by atoms with Gasteiger partial charge in [-0.05, 0) is 70.4 Å². The van der Waals surface area contributed by atoms with Crippen LogP contribution < -0.4 is 9.47 Å². The number of pyridine rings is 1. The topological polar surface area (TPSA) is 70.1 Å². The van der Waals surface area contributed by atoms with E-state index < -0.39 is 0 Å². The van der Waals surface area contributed by atoms with Gasteiger partial charge in [0.25, 0.3) is 5.91 Å². The van der Waals surface area contributed by atoms with Crippen molar-refractivity contribution in [2.75, 3.05) is 26.8 Å². The molecule has 4 rings (SSSR count). The maximum absolute atomic E-state index is 13.3. The zero-order valence-corrected chi connectivity index (χ0v) is 21.6. The minimum Gasteiger partial charge on any atom is -0.495 e. The van der Waals surface area contributed by atoms with Crippen LogP contribution in [0, 0.1) is 6.92 Å². The van der Waals surface area contributed by atoms with Gasteiger partial charge in [0, 0.05) is 49.9 Å². The summed E-state index contributed by atoms with van der Waals surface area (Å²) < 4.78 is 24.0. The molecule has 1 amide bonds. The molecule has 2 aliphatic heterocycles. The van der Waals surface area contributed by atoms with Gasteiger partial charge in [-0.2, -0.15) is 0 Å². The Morgan fingerprint density at radius 1 is 1.23 bits per heavy atom. The van der Waals surface area contributed by atoms with Crippen LogP contribution in [-0.4, -0.2) is 60.4 Å². The fourth-order valence-corrected chi connectivity index (χ4v) is 5.22. The first-order chi connectivity index (χ1) is 16.8. The van der Waals surface area contributed by atoms with Crippen LogP contribution in [0.25, 0.3) is 0 Å². The maximum atomic E-state index is 13.3. The van der Waals surface area contributed by atoms with Crippen LogP contribution in [0.5, 0.6) is 11.5 Å². The molecule has 1 spiro atoms. The van der Waals surface area contributed by atoms with E-state index in [1.165, 1.54) is 0 Å². The fourth-order valence-electron chi connectivity index (χ4n) is 5.22. The number of amides is 1. The van der Waals surface area contributed by atoms with Crippen molar-refractivity contribution >= 4 is 5.91 Å². The van der Waals surface area contributed by atoms with E-state index in [1.54, 1.807) is 13.3 Å². The van der Waals surface area contributed by atoms with E-state index in [2.05, 4.69) is 4.98 Å². The minimum absolute atomic E-state index is 0.0600. The molecule has 0 bridgehead atoms. The molecular weight excluding hydrogens is 444 g/mol. The molecule has 0 N–H and O–H groups in total. The second-order valence-corrected chi connectivity index (χ2v) is 9.90. The first-order valence-electron chi connectivity index (χ1n) is 12.7. The van der Waals surface area contributed by atoms with Crippen molar-refractivity contribution < 1.29 is 23.7 Å². The van der Waals surface area contributed by atoms with E-state index in [0.29, 0.717) is 25.3 Å². The summed E-state index contributed by atoms with van der Waals surface area (Å²) in [4.78, 5) is 19.5. The van der Waals surface area contributed by atoms with Crippen LogP contribution in [0.3, 0.4) is 0 Å². The number of rotatable bonds is 7. The number of methoxy groups -OCH3 is 1. The number of ether oxygens (including phenoxy) is 4. The van der Waals surface area contributed by atoms with Crippen LogP contribution in [0.4, 0.5) is 0 Å². The van der Waals surface area contributed by atoms with Gasteiger partial charge in [-0.1, -0.05) is 0 Å². The second kappa shape index (κ2) is 11.0. The lowest BCUT2D eigenvalue weighted by atomic mass is 9.80. The summed E-state index contributed by atoms with van der Waals surface area (Å²) in [6.07, 6.45) is 6.85. The van der Waals surface area contributed by atoms with Gasteiger partial charge in [0.1, 0.15) is 11.5 Å². The van der Waals surface area contributed by atoms with E-state index >= 15 is 0 Å². The molecule has 2 atom stereocenters. The molecule has 1 aromatic heterocycles. The molecule has 0 saturated carbocycles. The monoisotopic (exact) mass is 482 g/mol. The largest absolute Gasteiger partial charge is 0.495 e. The van der Waals surface area contributed by atoms with Gasteiger partial charge < -0.3 is 23.8 Å². The molecule has 2 aliphatic rings. The first-order valence-corrected chi connectivity index (χ1v) is 12.7. The highest BCUT2D eigenvalue weighted by Crippen LogP contribution is 2.44. The molecule has 1 aromatic carbocycles. The molecule has 190 valence electrons. The molecule has 0 aliphatic carbocycles. The third-order valence-corrected chi connectivity index (χ3v) is 6.96. The average Bonchev–Trinajstić information content (AvgIpc) is 2.85. The molecule has 35 heavy (non-hydrogen) atoms. The summed E-state index contributed by atoms with van der Waals surface area (Å²) >= 11 is 0. The van der Waals surface area contributed by atoms with Gasteiger partial charge in [-0.15, -0.1) is 0 Å². The first kappa shape index (κ1) is 25.5. The molecule has 3 heterocycles. The molecule has 2 unspecified atom stereocenters. The predicted octanol–water partition coefficient (Wildman–Crippen LogP) is 5.12. The van der Waals surface area contributed by atoms with Gasteiger partial charge in [0.05, 0.1) is 37.2 Å². The quantitative estimate of drug-likeness (QED) is 0.546. The number of piperidine rings is 1. The maximum Gasteiger partial charge on any atom is 0.253 e. The van der Waals surface area contributed by atoms with Crippen LogP contribution in [0.15, 0.2) is 36.7 Å². The average molecular weight is 483 g/mol. The van der Waals surface area contributed by atoms with Crippen LogP contribution in [0.1, 0.15) is 74.0 Å². The Balaban J connectivity index is 1.45. The smallest absolute Gasteiger partial charge is 0.253 e. The van der Waals surface area contributed by atoms with Crippen molar-refractivity contribution in [1.29, 1.82) is 0 Å². The molecular formula is C28H38N2O5. The number of hydrogen-bond acceptors (Lipinski definition) is 6. The zero-order chi connectivity index (χ0) is 25.0. The molecule has 2 aromatic rings. The lowest BCUT2D eigenvalue weighted by Crippen LogP contribution is -2.52. The normalized spacial score (nSPS) is 21.8. The van der Waals surface area contributed by atoms with Crippen molar-refractivity contribution in [3.05, 3.63) is 53.3 Å². The third-order valence-electron chi connectivity index (χ3n) is 6.96. The standard InChI is InChI=1S/C28H38N2O5/c1-6-33-23-15-26(22-14-24(32-5)18-29-17-22)35-28(16-23)9-11-30(12-10-28)27(31)21-7-8-25(20(4)13-21)34-19(2)3/h7-8,13-14,17-19,23,26H,6,9-12,15-16H2,1-5H3. The van der Waals surface area contributed by atoms with Crippen LogP contribution >= 0.6 is 0 Å². The highest BCUT2D eigenvalue weighted by atomic mass is 16.5. The summed E-state index contributed by atoms with van der Waals surface area (Å²) in [5.41, 5.74) is 2.37. The lowest BCUT2D eigenvalue weighted by Gasteiger charge is -2.48. The van der Waals surface area contributed by atoms with Gasteiger partial charge in [0.2, 0.25) is 0 Å². The van der Waals surface area contributed by atoms with E-state index in [0.717, 1.165) is 48.3 Å². The Morgan fingerprint density at radius 2 is 2.00 bits per heavy atom. The summed E-state index contributed by atoms with van der Waals surface area (Å²) in [7, 11) is 1.64. The van der Waals surface area contributed by atoms with Crippen molar-refractivity contribution in [1.82, 2.24) is 9.88 Å². The van der Waals surface area contributed by atoms with Gasteiger partial charge in [-0.3, -0.25) is 9.78 Å². The molecule has 7 heteroatoms. The molecule has 2 saturated heterocycles. The third kappa shape index (κ3) is 5.96. The number of aromatic nitrogens is 1. The Kier molecular flexibility index (Phi) is 7.97. The Bertz CT molecular complexity index is 1020. The summed E-state index contributed by atoms with van der Waals surface area (Å²) in [5.74, 6) is 1.61. The van der Waals surface area contributed by atoms with E-state index in [4.69, 9.17) is 18.9 Å². The summed E-state index contributed by atoms with van der Waals surface area (Å²) in [5, 5.41) is 0. The number of benzene rings is 1. The van der Waals surface area contributed by atoms with Gasteiger partial charge >= 0.3 is 0 Å². The summed E-state index contributed by atoms with van der Waals surface area (Å²) in [6.45, 7) is 10.0. The number of carbonyl (C=O) groups is 1. The lowest BCUT2D eigenvalue weighted by molar-refractivity contribution is -0.190. The SMILES string of the molecule is CCOC1CC(c2cncc(OC)c2)OC2(CCN(C(=O)c3ccc(OC(C)C)c(C)c3)CC2)C1. The Morgan fingerprint density at radius 3 is 2.66 bits per heavy atom. The van der Waals surface area contributed by atoms with Crippen LogP contribution in [-0.2, 0) is 9.47 Å². The predicted molar refractivity (Wildman–Crippen MR) is 134 cm³/mol. The van der Waals surface area contributed by atoms with Crippen LogP contribution in [0.2, 0.25) is 0 Å². The molecule has 2 fully saturated rings. The van der Waals surface area contributed by atoms with Gasteiger partial charge in [-0.25, -0.2) is 0 Å². The molecule has 7 nitrogen and oxygen atoms in total. The van der Waals surface area contributed by atoms with Gasteiger partial charge in [0.15, 0.2) is 0 Å². The number of aryl methyl sites for hydroxylation is 1. The number of nitrogens with zero attached hydrogens (tertiary/aromatic N) is 2. The number of carbonyl (C=O) groups excluding carboxylic acids is 1. The number of likely N-dealkylation sites (tertiary alicyclic amines) is 1. The van der Waals surface area contributed by atoms with Crippen molar-refractivity contribution in [2.24, 2.45) is 0 Å². The van der Waals surface area contributed by atoms with Crippen molar-refractivity contribution in [3.63, 3.8) is 0 Å². The molecule has 0 radical (unpaired) electrons. The summed E-state index contributed by atoms with van der Waals surface area (Å²) in [6, 6.07) is 7.69. The van der Waals surface area contributed by atoms with E-state index in [-0.39, 0.29) is 29.8 Å². The van der Waals surface area contributed by atoms with Crippen molar-refractivity contribution in [2.45, 2.75) is 77.3 Å². The van der Waals surface area contributed by atoms with E-state index in [1.807, 2.05) is 63.1 Å². The second-order valence-electron chi connectivity index (χ2n) is 9.90. The Labute approximate surface area is 208 Å². The zero-order valence-electron chi connectivity index (χ0n) is 21.6. The highest BCUT2D eigenvalue weighted by Gasteiger charge is 2.45. The fraction of sp³-hybridized carbons (Fsp3) is 0.571. The highest BCUT2D eigenvalue weighted by molar-refractivity contribution is 5.94. The number of hydrogen-bond donors (Lipinski definition) is 0. The van der Waals surface area contributed by atoms with Crippen molar-refractivity contribution in [3.8, 4) is 11.5 Å². The Hall–Kier alpha value is -2.64. The minimum atomic E-state index is -0.312.